The molecular formula is C11H19NO7S. The summed E-state index contributed by atoms with van der Waals surface area (Å²) in [5.74, 6) is -2.37. The van der Waals surface area contributed by atoms with Crippen LogP contribution in [-0.4, -0.2) is 68.4 Å². The molecule has 1 heterocycles. The molecule has 8 nitrogen and oxygen atoms in total. The molecule has 0 amide bonds. The van der Waals surface area contributed by atoms with Gasteiger partial charge in [0.25, 0.3) is 0 Å². The molecule has 0 atom stereocenters. The fourth-order valence-corrected chi connectivity index (χ4v) is 3.25. The second-order valence-corrected chi connectivity index (χ2v) is 6.41. The Hall–Kier alpha value is -1.19. The molecule has 0 aliphatic carbocycles. The summed E-state index contributed by atoms with van der Waals surface area (Å²) >= 11 is 0. The van der Waals surface area contributed by atoms with Crippen molar-refractivity contribution < 1.29 is 32.6 Å². The highest BCUT2D eigenvalue weighted by Crippen LogP contribution is 2.17. The van der Waals surface area contributed by atoms with Crippen LogP contribution in [0.2, 0.25) is 0 Å². The van der Waals surface area contributed by atoms with Gasteiger partial charge in [0.15, 0.2) is 5.75 Å². The summed E-state index contributed by atoms with van der Waals surface area (Å²) < 4.78 is 34.7. The number of aliphatic carboxylic acids is 1. The minimum atomic E-state index is -3.64. The molecule has 1 saturated heterocycles. The van der Waals surface area contributed by atoms with E-state index in [-0.39, 0.29) is 32.2 Å². The first-order chi connectivity index (χ1) is 9.35. The topological polar surface area (TPSA) is 110 Å². The second-order valence-electron chi connectivity index (χ2n) is 4.45. The maximum Gasteiger partial charge on any atom is 0.322 e. The van der Waals surface area contributed by atoms with Crippen molar-refractivity contribution in [2.45, 2.75) is 25.4 Å². The zero-order valence-electron chi connectivity index (χ0n) is 11.3. The van der Waals surface area contributed by atoms with E-state index in [4.69, 9.17) is 9.84 Å². The lowest BCUT2D eigenvalue weighted by Crippen LogP contribution is -2.43. The summed E-state index contributed by atoms with van der Waals surface area (Å²) in [6.07, 6.45) is 0.764. The number of carbonyl (C=O) groups excluding carboxylic acids is 1. The molecule has 1 N–H and O–H groups in total. The maximum atomic E-state index is 11.9. The Labute approximate surface area is 117 Å². The van der Waals surface area contributed by atoms with Crippen molar-refractivity contribution in [2.24, 2.45) is 0 Å². The molecule has 0 radical (unpaired) electrons. The average Bonchev–Trinajstić information content (AvgIpc) is 2.38. The molecule has 20 heavy (non-hydrogen) atoms. The number of esters is 1. The number of ether oxygens (including phenoxy) is 2. The normalized spacial score (nSPS) is 17.9. The maximum absolute atomic E-state index is 11.9. The van der Waals surface area contributed by atoms with Crippen LogP contribution in [0.5, 0.6) is 0 Å². The summed E-state index contributed by atoms with van der Waals surface area (Å²) in [5, 5.41) is 8.49. The van der Waals surface area contributed by atoms with Crippen LogP contribution in [0.3, 0.4) is 0 Å². The molecule has 1 aliphatic rings. The monoisotopic (exact) mass is 309 g/mol. The summed E-state index contributed by atoms with van der Waals surface area (Å²) in [4.78, 5) is 21.4. The summed E-state index contributed by atoms with van der Waals surface area (Å²) in [7, 11) is -2.50. The summed E-state index contributed by atoms with van der Waals surface area (Å²) in [5.41, 5.74) is 0. The number of carboxylic acid groups (broad SMARTS) is 1. The van der Waals surface area contributed by atoms with Crippen LogP contribution in [0.1, 0.15) is 19.3 Å². The minimum absolute atomic E-state index is 0.0686. The molecule has 116 valence electrons. The number of piperidine rings is 1. The van der Waals surface area contributed by atoms with Gasteiger partial charge in [-0.2, -0.15) is 0 Å². The first kappa shape index (κ1) is 16.9. The van der Waals surface area contributed by atoms with Gasteiger partial charge in [-0.25, -0.2) is 12.7 Å². The molecular weight excluding hydrogens is 290 g/mol. The fraction of sp³-hybridized carbons (Fsp3) is 0.818. The van der Waals surface area contributed by atoms with E-state index in [1.165, 1.54) is 4.31 Å². The number of carboxylic acids is 1. The Morgan fingerprint density at radius 1 is 1.30 bits per heavy atom. The average molecular weight is 309 g/mol. The largest absolute Gasteiger partial charge is 0.481 e. The van der Waals surface area contributed by atoms with Gasteiger partial charge in [0, 0.05) is 13.1 Å². The molecule has 1 rings (SSSR count). The van der Waals surface area contributed by atoms with E-state index in [0.717, 1.165) is 7.11 Å². The Morgan fingerprint density at radius 3 is 2.40 bits per heavy atom. The third kappa shape index (κ3) is 5.43. The predicted octanol–water partition coefficient (Wildman–Crippen LogP) is -0.555. The molecule has 1 aliphatic heterocycles. The van der Waals surface area contributed by atoms with Crippen LogP contribution < -0.4 is 0 Å². The van der Waals surface area contributed by atoms with Crippen LogP contribution in [-0.2, 0) is 29.1 Å². The van der Waals surface area contributed by atoms with Gasteiger partial charge in [-0.15, -0.1) is 0 Å². The predicted molar refractivity (Wildman–Crippen MR) is 68.6 cm³/mol. The third-order valence-corrected chi connectivity index (χ3v) is 4.74. The molecule has 9 heteroatoms. The van der Waals surface area contributed by atoms with Gasteiger partial charge in [-0.1, -0.05) is 0 Å². The van der Waals surface area contributed by atoms with E-state index < -0.39 is 27.7 Å². The Morgan fingerprint density at radius 2 is 1.90 bits per heavy atom. The van der Waals surface area contributed by atoms with E-state index in [1.54, 1.807) is 0 Å². The molecule has 0 aromatic carbocycles. The number of rotatable bonds is 7. The Balaban J connectivity index is 2.38. The van der Waals surface area contributed by atoms with E-state index in [0.29, 0.717) is 12.8 Å². The number of hydrogen-bond donors (Lipinski definition) is 1. The summed E-state index contributed by atoms with van der Waals surface area (Å²) in [6, 6.07) is 0. The first-order valence-electron chi connectivity index (χ1n) is 6.23. The van der Waals surface area contributed by atoms with Gasteiger partial charge in [0.1, 0.15) is 0 Å². The number of sulfonamides is 1. The zero-order valence-corrected chi connectivity index (χ0v) is 12.1. The SMILES string of the molecule is COC(=O)CS(=O)(=O)N1CCC(OCCC(=O)O)CC1. The van der Waals surface area contributed by atoms with E-state index in [9.17, 15) is 18.0 Å². The lowest BCUT2D eigenvalue weighted by Gasteiger charge is -2.30. The molecule has 0 unspecified atom stereocenters. The van der Waals surface area contributed by atoms with Crippen molar-refractivity contribution in [2.75, 3.05) is 32.6 Å². The van der Waals surface area contributed by atoms with Crippen molar-refractivity contribution >= 4 is 22.0 Å². The summed E-state index contributed by atoms with van der Waals surface area (Å²) in [6.45, 7) is 0.642. The highest BCUT2D eigenvalue weighted by molar-refractivity contribution is 7.89. The zero-order chi connectivity index (χ0) is 15.2. The Kier molecular flexibility index (Phi) is 6.37. The molecule has 0 aromatic heterocycles. The van der Waals surface area contributed by atoms with Gasteiger partial charge >= 0.3 is 11.9 Å². The van der Waals surface area contributed by atoms with Crippen LogP contribution in [0, 0.1) is 0 Å². The van der Waals surface area contributed by atoms with Crippen molar-refractivity contribution in [3.05, 3.63) is 0 Å². The second kappa shape index (κ2) is 7.55. The van der Waals surface area contributed by atoms with E-state index in [1.807, 2.05) is 0 Å². The van der Waals surface area contributed by atoms with Crippen molar-refractivity contribution in [3.8, 4) is 0 Å². The molecule has 0 bridgehead atoms. The number of hydrogen-bond acceptors (Lipinski definition) is 6. The highest BCUT2D eigenvalue weighted by atomic mass is 32.2. The highest BCUT2D eigenvalue weighted by Gasteiger charge is 2.30. The standard InChI is InChI=1S/C11H19NO7S/c1-18-11(15)8-20(16,17)12-5-2-9(3-6-12)19-7-4-10(13)14/h9H,2-8H2,1H3,(H,13,14). The van der Waals surface area contributed by atoms with Crippen LogP contribution in [0.4, 0.5) is 0 Å². The van der Waals surface area contributed by atoms with Crippen LogP contribution in [0.15, 0.2) is 0 Å². The van der Waals surface area contributed by atoms with Gasteiger partial charge in [0.05, 0.1) is 26.2 Å². The van der Waals surface area contributed by atoms with E-state index in [2.05, 4.69) is 4.74 Å². The van der Waals surface area contributed by atoms with Crippen LogP contribution in [0.25, 0.3) is 0 Å². The van der Waals surface area contributed by atoms with Gasteiger partial charge in [-0.05, 0) is 12.8 Å². The molecule has 0 spiro atoms. The Bertz CT molecular complexity index is 440. The third-order valence-electron chi connectivity index (χ3n) is 2.99. The van der Waals surface area contributed by atoms with Crippen molar-refractivity contribution in [1.82, 2.24) is 4.31 Å². The smallest absolute Gasteiger partial charge is 0.322 e. The number of methoxy groups -OCH3 is 1. The lowest BCUT2D eigenvalue weighted by atomic mass is 10.1. The molecule has 1 fully saturated rings. The van der Waals surface area contributed by atoms with Crippen molar-refractivity contribution in [3.63, 3.8) is 0 Å². The first-order valence-corrected chi connectivity index (χ1v) is 7.84. The quantitative estimate of drug-likeness (QED) is 0.628. The fourth-order valence-electron chi connectivity index (χ4n) is 1.89. The van der Waals surface area contributed by atoms with Crippen LogP contribution >= 0.6 is 0 Å². The number of nitrogens with zero attached hydrogens (tertiary/aromatic N) is 1. The van der Waals surface area contributed by atoms with Gasteiger partial charge in [0.2, 0.25) is 10.0 Å². The molecule has 0 saturated carbocycles. The number of carbonyl (C=O) groups is 2. The minimum Gasteiger partial charge on any atom is -0.481 e. The van der Waals surface area contributed by atoms with Gasteiger partial charge < -0.3 is 14.6 Å². The van der Waals surface area contributed by atoms with Crippen molar-refractivity contribution in [1.29, 1.82) is 0 Å². The van der Waals surface area contributed by atoms with Gasteiger partial charge in [-0.3, -0.25) is 9.59 Å². The van der Waals surface area contributed by atoms with E-state index >= 15 is 0 Å². The molecule has 0 aromatic rings. The lowest BCUT2D eigenvalue weighted by molar-refractivity contribution is -0.139.